The number of nitrogens with zero attached hydrogens (tertiary/aromatic N) is 2. The maximum Gasteiger partial charge on any atom is 0.338 e. The van der Waals surface area contributed by atoms with Crippen molar-refractivity contribution in [3.63, 3.8) is 0 Å². The number of hydrogen-bond acceptors (Lipinski definition) is 6. The summed E-state index contributed by atoms with van der Waals surface area (Å²) >= 11 is 0. The van der Waals surface area contributed by atoms with Crippen LogP contribution < -0.4 is 9.64 Å². The lowest BCUT2D eigenvalue weighted by Gasteiger charge is -2.22. The van der Waals surface area contributed by atoms with Gasteiger partial charge in [-0.3, -0.25) is 10.1 Å². The minimum atomic E-state index is -0.609. The molecule has 160 valence electrons. The molecule has 0 spiro atoms. The highest BCUT2D eigenvalue weighted by Gasteiger charge is 2.23. The van der Waals surface area contributed by atoms with Gasteiger partial charge in [0.25, 0.3) is 5.69 Å². The van der Waals surface area contributed by atoms with Crippen LogP contribution in [-0.4, -0.2) is 37.2 Å². The van der Waals surface area contributed by atoms with Gasteiger partial charge in [0, 0.05) is 25.6 Å². The van der Waals surface area contributed by atoms with Gasteiger partial charge in [0.15, 0.2) is 0 Å². The smallest absolute Gasteiger partial charge is 0.338 e. The summed E-state index contributed by atoms with van der Waals surface area (Å²) in [7, 11) is 0. The van der Waals surface area contributed by atoms with E-state index in [0.29, 0.717) is 24.5 Å². The molecule has 0 saturated carbocycles. The van der Waals surface area contributed by atoms with Gasteiger partial charge < -0.3 is 14.4 Å². The molecule has 0 aromatic heterocycles. The molecular formula is C22H25FN2O5. The molecule has 1 aliphatic heterocycles. The topological polar surface area (TPSA) is 81.9 Å². The molecule has 2 aromatic rings. The Balaban J connectivity index is 1.54. The van der Waals surface area contributed by atoms with Crippen molar-refractivity contribution >= 4 is 17.3 Å². The number of esters is 1. The zero-order valence-electron chi connectivity index (χ0n) is 16.7. The maximum atomic E-state index is 12.8. The Labute approximate surface area is 174 Å². The third-order valence-corrected chi connectivity index (χ3v) is 4.96. The zero-order chi connectivity index (χ0) is 21.3. The molecule has 1 aliphatic rings. The highest BCUT2D eigenvalue weighted by Crippen LogP contribution is 2.31. The van der Waals surface area contributed by atoms with Crippen LogP contribution >= 0.6 is 0 Å². The van der Waals surface area contributed by atoms with Crippen molar-refractivity contribution in [3.8, 4) is 5.75 Å². The monoisotopic (exact) mass is 416 g/mol. The van der Waals surface area contributed by atoms with Gasteiger partial charge in [-0.15, -0.1) is 0 Å². The molecule has 0 aliphatic carbocycles. The number of halogens is 1. The lowest BCUT2D eigenvalue weighted by Crippen LogP contribution is -2.25. The van der Waals surface area contributed by atoms with E-state index in [1.807, 2.05) is 4.90 Å². The van der Waals surface area contributed by atoms with Crippen LogP contribution in [0.1, 0.15) is 42.5 Å². The third-order valence-electron chi connectivity index (χ3n) is 4.96. The number of ether oxygens (including phenoxy) is 2. The van der Waals surface area contributed by atoms with E-state index in [1.54, 1.807) is 12.1 Å². The SMILES string of the molecule is O=C(OCCCOc1ccc(F)cc1)c1ccc(N2CCCCCC2)c([N+](=O)[O-])c1. The summed E-state index contributed by atoms with van der Waals surface area (Å²) in [6.45, 7) is 1.96. The lowest BCUT2D eigenvalue weighted by molar-refractivity contribution is -0.384. The number of hydrogen-bond donors (Lipinski definition) is 0. The van der Waals surface area contributed by atoms with Crippen LogP contribution in [0.5, 0.6) is 5.75 Å². The highest BCUT2D eigenvalue weighted by atomic mass is 19.1. The molecule has 0 amide bonds. The van der Waals surface area contributed by atoms with Crippen molar-refractivity contribution in [1.82, 2.24) is 0 Å². The molecule has 0 N–H and O–H groups in total. The van der Waals surface area contributed by atoms with Crippen LogP contribution in [0.25, 0.3) is 0 Å². The van der Waals surface area contributed by atoms with Gasteiger partial charge in [0.05, 0.1) is 23.7 Å². The van der Waals surface area contributed by atoms with E-state index in [1.165, 1.54) is 30.3 Å². The van der Waals surface area contributed by atoms with Crippen LogP contribution in [0.2, 0.25) is 0 Å². The van der Waals surface area contributed by atoms with Crippen molar-refractivity contribution in [2.24, 2.45) is 0 Å². The predicted molar refractivity (Wildman–Crippen MR) is 111 cm³/mol. The molecule has 2 aromatic carbocycles. The zero-order valence-corrected chi connectivity index (χ0v) is 16.7. The summed E-state index contributed by atoms with van der Waals surface area (Å²) in [6.07, 6.45) is 4.69. The first-order chi connectivity index (χ1) is 14.5. The van der Waals surface area contributed by atoms with Crippen molar-refractivity contribution in [3.05, 3.63) is 64.0 Å². The van der Waals surface area contributed by atoms with Crippen molar-refractivity contribution in [2.75, 3.05) is 31.2 Å². The van der Waals surface area contributed by atoms with Crippen LogP contribution in [0, 0.1) is 15.9 Å². The van der Waals surface area contributed by atoms with Crippen LogP contribution in [0.15, 0.2) is 42.5 Å². The number of rotatable bonds is 8. The van der Waals surface area contributed by atoms with E-state index in [9.17, 15) is 19.3 Å². The lowest BCUT2D eigenvalue weighted by atomic mass is 10.1. The van der Waals surface area contributed by atoms with Gasteiger partial charge in [0.2, 0.25) is 0 Å². The first kappa shape index (κ1) is 21.5. The summed E-state index contributed by atoms with van der Waals surface area (Å²) in [5, 5.41) is 11.6. The Morgan fingerprint density at radius 2 is 1.73 bits per heavy atom. The van der Waals surface area contributed by atoms with Gasteiger partial charge in [-0.25, -0.2) is 9.18 Å². The normalized spacial score (nSPS) is 14.1. The number of nitro groups is 1. The Kier molecular flexibility index (Phi) is 7.59. The van der Waals surface area contributed by atoms with Crippen molar-refractivity contribution in [1.29, 1.82) is 0 Å². The van der Waals surface area contributed by atoms with Crippen molar-refractivity contribution < 1.29 is 23.6 Å². The van der Waals surface area contributed by atoms with Crippen LogP contribution in [-0.2, 0) is 4.74 Å². The van der Waals surface area contributed by atoms with Crippen LogP contribution in [0.3, 0.4) is 0 Å². The van der Waals surface area contributed by atoms with Gasteiger partial charge in [-0.05, 0) is 49.2 Å². The molecule has 0 radical (unpaired) electrons. The molecule has 7 nitrogen and oxygen atoms in total. The molecule has 30 heavy (non-hydrogen) atoms. The first-order valence-electron chi connectivity index (χ1n) is 10.1. The number of carbonyl (C=O) groups is 1. The standard InChI is InChI=1S/C22H25FN2O5/c23-18-7-9-19(10-8-18)29-14-5-15-30-22(26)17-6-11-20(21(16-17)25(27)28)24-12-3-1-2-4-13-24/h6-11,16H,1-5,12-15H2. The fourth-order valence-corrected chi connectivity index (χ4v) is 3.40. The molecule has 1 heterocycles. The van der Waals surface area contributed by atoms with Crippen LogP contribution in [0.4, 0.5) is 15.8 Å². The summed E-state index contributed by atoms with van der Waals surface area (Å²) in [6, 6.07) is 10.1. The predicted octanol–water partition coefficient (Wildman–Crippen LogP) is 4.74. The molecular weight excluding hydrogens is 391 g/mol. The highest BCUT2D eigenvalue weighted by molar-refractivity contribution is 5.91. The average Bonchev–Trinajstić information content (AvgIpc) is 3.03. The van der Waals surface area contributed by atoms with E-state index in [2.05, 4.69) is 0 Å². The summed E-state index contributed by atoms with van der Waals surface area (Å²) < 4.78 is 23.5. The fraction of sp³-hybridized carbons (Fsp3) is 0.409. The second kappa shape index (κ2) is 10.6. The Morgan fingerprint density at radius 1 is 1.03 bits per heavy atom. The quantitative estimate of drug-likeness (QED) is 0.268. The average molecular weight is 416 g/mol. The Bertz CT molecular complexity index is 864. The second-order valence-corrected chi connectivity index (χ2v) is 7.15. The minimum Gasteiger partial charge on any atom is -0.493 e. The largest absolute Gasteiger partial charge is 0.493 e. The minimum absolute atomic E-state index is 0.0778. The second-order valence-electron chi connectivity index (χ2n) is 7.15. The van der Waals surface area contributed by atoms with Crippen molar-refractivity contribution in [2.45, 2.75) is 32.1 Å². The van der Waals surface area contributed by atoms with Gasteiger partial charge in [-0.1, -0.05) is 12.8 Å². The number of carbonyl (C=O) groups excluding carboxylic acids is 1. The number of anilines is 1. The number of nitro benzene ring substituents is 1. The van der Waals surface area contributed by atoms with E-state index in [4.69, 9.17) is 9.47 Å². The van der Waals surface area contributed by atoms with Gasteiger partial charge in [-0.2, -0.15) is 0 Å². The van der Waals surface area contributed by atoms with E-state index in [0.717, 1.165) is 38.8 Å². The Hall–Kier alpha value is -3.16. The third kappa shape index (κ3) is 5.92. The van der Waals surface area contributed by atoms with E-state index in [-0.39, 0.29) is 23.7 Å². The summed E-state index contributed by atoms with van der Waals surface area (Å²) in [5.74, 6) is -0.419. The first-order valence-corrected chi connectivity index (χ1v) is 10.1. The summed E-state index contributed by atoms with van der Waals surface area (Å²) in [5.41, 5.74) is 0.622. The molecule has 1 saturated heterocycles. The molecule has 0 unspecified atom stereocenters. The van der Waals surface area contributed by atoms with E-state index < -0.39 is 10.9 Å². The van der Waals surface area contributed by atoms with Gasteiger partial charge in [0.1, 0.15) is 17.3 Å². The fourth-order valence-electron chi connectivity index (χ4n) is 3.40. The molecule has 8 heteroatoms. The van der Waals surface area contributed by atoms with Gasteiger partial charge >= 0.3 is 5.97 Å². The molecule has 0 atom stereocenters. The van der Waals surface area contributed by atoms with E-state index >= 15 is 0 Å². The summed E-state index contributed by atoms with van der Waals surface area (Å²) in [4.78, 5) is 25.4. The molecule has 3 rings (SSSR count). The number of benzene rings is 2. The molecule has 0 bridgehead atoms. The Morgan fingerprint density at radius 3 is 2.40 bits per heavy atom. The molecule has 1 fully saturated rings. The maximum absolute atomic E-state index is 12.8.